The van der Waals surface area contributed by atoms with Crippen molar-refractivity contribution in [1.82, 2.24) is 0 Å². The van der Waals surface area contributed by atoms with Crippen LogP contribution in [0.3, 0.4) is 0 Å². The molecule has 0 aromatic heterocycles. The van der Waals surface area contributed by atoms with Crippen LogP contribution in [-0.4, -0.2) is 0 Å². The predicted molar refractivity (Wildman–Crippen MR) is 96.6 cm³/mol. The van der Waals surface area contributed by atoms with Gasteiger partial charge in [-0.25, -0.2) is 0 Å². The van der Waals surface area contributed by atoms with Gasteiger partial charge in [0, 0.05) is 11.5 Å². The van der Waals surface area contributed by atoms with Crippen LogP contribution in [-0.2, 0) is 11.5 Å². The molecule has 0 atom stereocenters. The third-order valence-electron chi connectivity index (χ3n) is 3.61. The SMILES string of the molecule is Cc1cc(C=C(C#N)C#N)c(C)c(CSCc2ccccc2)c1. The fraction of sp³-hybridized carbons (Fsp3) is 0.200. The van der Waals surface area contributed by atoms with Crippen LogP contribution < -0.4 is 0 Å². The third kappa shape index (κ3) is 4.74. The summed E-state index contributed by atoms with van der Waals surface area (Å²) < 4.78 is 0. The lowest BCUT2D eigenvalue weighted by Gasteiger charge is -2.11. The minimum absolute atomic E-state index is 0.140. The fourth-order valence-electron chi connectivity index (χ4n) is 2.36. The molecule has 0 saturated heterocycles. The highest BCUT2D eigenvalue weighted by Crippen LogP contribution is 2.25. The van der Waals surface area contributed by atoms with Crippen molar-refractivity contribution < 1.29 is 0 Å². The first-order chi connectivity index (χ1) is 11.1. The molecule has 0 fully saturated rings. The molecule has 3 heteroatoms. The van der Waals surface area contributed by atoms with Gasteiger partial charge in [0.2, 0.25) is 0 Å². The van der Waals surface area contributed by atoms with E-state index in [4.69, 9.17) is 10.5 Å². The van der Waals surface area contributed by atoms with Gasteiger partial charge in [-0.2, -0.15) is 22.3 Å². The first kappa shape index (κ1) is 16.9. The summed E-state index contributed by atoms with van der Waals surface area (Å²) in [6.07, 6.45) is 1.67. The van der Waals surface area contributed by atoms with Crippen LogP contribution in [0.2, 0.25) is 0 Å². The molecular formula is C20H18N2S. The Kier molecular flexibility index (Phi) is 6.03. The van der Waals surface area contributed by atoms with Crippen LogP contribution in [0, 0.1) is 36.5 Å². The van der Waals surface area contributed by atoms with Crippen molar-refractivity contribution in [2.75, 3.05) is 0 Å². The van der Waals surface area contributed by atoms with Crippen molar-refractivity contribution >= 4 is 17.8 Å². The second-order valence-electron chi connectivity index (χ2n) is 5.40. The van der Waals surface area contributed by atoms with Gasteiger partial charge in [-0.05, 0) is 42.2 Å². The smallest absolute Gasteiger partial charge is 0.130 e. The van der Waals surface area contributed by atoms with Crippen LogP contribution in [0.1, 0.15) is 27.8 Å². The van der Waals surface area contributed by atoms with Crippen molar-refractivity contribution in [2.45, 2.75) is 25.4 Å². The Hall–Kier alpha value is -2.49. The van der Waals surface area contributed by atoms with Gasteiger partial charge in [0.1, 0.15) is 17.7 Å². The number of hydrogen-bond donors (Lipinski definition) is 0. The average molecular weight is 318 g/mol. The van der Waals surface area contributed by atoms with Gasteiger partial charge in [-0.15, -0.1) is 0 Å². The molecule has 2 rings (SSSR count). The van der Waals surface area contributed by atoms with E-state index in [1.165, 1.54) is 11.1 Å². The Balaban J connectivity index is 2.17. The summed E-state index contributed by atoms with van der Waals surface area (Å²) in [5, 5.41) is 17.9. The van der Waals surface area contributed by atoms with E-state index in [0.29, 0.717) is 0 Å². The molecule has 2 aromatic rings. The van der Waals surface area contributed by atoms with Crippen molar-refractivity contribution in [3.63, 3.8) is 0 Å². The largest absolute Gasteiger partial charge is 0.192 e. The van der Waals surface area contributed by atoms with Gasteiger partial charge in [0.05, 0.1) is 0 Å². The number of hydrogen-bond acceptors (Lipinski definition) is 3. The van der Waals surface area contributed by atoms with Crippen LogP contribution >= 0.6 is 11.8 Å². The van der Waals surface area contributed by atoms with Crippen LogP contribution in [0.5, 0.6) is 0 Å². The van der Waals surface area contributed by atoms with E-state index < -0.39 is 0 Å². The summed E-state index contributed by atoms with van der Waals surface area (Å²) in [6, 6.07) is 18.5. The topological polar surface area (TPSA) is 47.6 Å². The quantitative estimate of drug-likeness (QED) is 0.715. The molecule has 114 valence electrons. The number of aryl methyl sites for hydroxylation is 1. The highest BCUT2D eigenvalue weighted by Gasteiger charge is 2.06. The summed E-state index contributed by atoms with van der Waals surface area (Å²) in [6.45, 7) is 4.09. The second-order valence-corrected chi connectivity index (χ2v) is 6.38. The Morgan fingerprint density at radius 1 is 1.04 bits per heavy atom. The molecule has 0 heterocycles. The van der Waals surface area contributed by atoms with Crippen LogP contribution in [0.25, 0.3) is 6.08 Å². The third-order valence-corrected chi connectivity index (χ3v) is 4.66. The molecule has 0 saturated carbocycles. The molecule has 0 spiro atoms. The first-order valence-electron chi connectivity index (χ1n) is 7.37. The molecular weight excluding hydrogens is 300 g/mol. The average Bonchev–Trinajstić information content (AvgIpc) is 2.57. The Morgan fingerprint density at radius 2 is 1.74 bits per heavy atom. The number of allylic oxidation sites excluding steroid dienone is 1. The van der Waals surface area contributed by atoms with Crippen molar-refractivity contribution in [3.05, 3.63) is 75.9 Å². The molecule has 23 heavy (non-hydrogen) atoms. The van der Waals surface area contributed by atoms with E-state index in [2.05, 4.69) is 37.3 Å². The van der Waals surface area contributed by atoms with Gasteiger partial charge in [-0.1, -0.05) is 48.0 Å². The van der Waals surface area contributed by atoms with Crippen molar-refractivity contribution in [3.8, 4) is 12.1 Å². The van der Waals surface area contributed by atoms with E-state index in [1.807, 2.05) is 43.0 Å². The first-order valence-corrected chi connectivity index (χ1v) is 8.53. The summed E-state index contributed by atoms with van der Waals surface area (Å²) in [5.74, 6) is 1.89. The van der Waals surface area contributed by atoms with Gasteiger partial charge >= 0.3 is 0 Å². The van der Waals surface area contributed by atoms with Gasteiger partial charge in [-0.3, -0.25) is 0 Å². The van der Waals surface area contributed by atoms with Crippen LogP contribution in [0.15, 0.2) is 48.0 Å². The molecule has 0 unspecified atom stereocenters. The molecule has 2 aromatic carbocycles. The second kappa shape index (κ2) is 8.22. The molecule has 2 nitrogen and oxygen atoms in total. The lowest BCUT2D eigenvalue weighted by Crippen LogP contribution is -1.94. The summed E-state index contributed by atoms with van der Waals surface area (Å²) >= 11 is 1.87. The maximum atomic E-state index is 8.94. The van der Waals surface area contributed by atoms with Gasteiger partial charge < -0.3 is 0 Å². The molecule has 0 N–H and O–H groups in total. The Labute approximate surface area is 142 Å². The standard InChI is InChI=1S/C20H18N2S/c1-15-8-19(10-18(11-21)12-22)16(2)20(9-15)14-23-13-17-6-4-3-5-7-17/h3-10H,13-14H2,1-2H3. The molecule has 0 aliphatic carbocycles. The van der Waals surface area contributed by atoms with E-state index in [-0.39, 0.29) is 5.57 Å². The monoisotopic (exact) mass is 318 g/mol. The zero-order valence-corrected chi connectivity index (χ0v) is 14.2. The van der Waals surface area contributed by atoms with E-state index in [9.17, 15) is 0 Å². The Bertz CT molecular complexity index is 777. The van der Waals surface area contributed by atoms with E-state index >= 15 is 0 Å². The maximum Gasteiger partial charge on any atom is 0.130 e. The number of nitriles is 2. The van der Waals surface area contributed by atoms with E-state index in [0.717, 1.165) is 28.2 Å². The summed E-state index contributed by atoms with van der Waals surface area (Å²) in [4.78, 5) is 0. The predicted octanol–water partition coefficient (Wildman–Crippen LogP) is 5.17. The lowest BCUT2D eigenvalue weighted by molar-refractivity contribution is 1.25. The Morgan fingerprint density at radius 3 is 2.39 bits per heavy atom. The summed E-state index contributed by atoms with van der Waals surface area (Å²) in [5.41, 5.74) is 5.96. The van der Waals surface area contributed by atoms with Gasteiger partial charge in [0.15, 0.2) is 0 Å². The molecule has 0 bridgehead atoms. The molecule has 0 aliphatic heterocycles. The molecule has 0 amide bonds. The minimum atomic E-state index is 0.140. The number of benzene rings is 2. The highest BCUT2D eigenvalue weighted by molar-refractivity contribution is 7.97. The van der Waals surface area contributed by atoms with Gasteiger partial charge in [0.25, 0.3) is 0 Å². The molecule has 0 aliphatic rings. The number of nitrogens with zero attached hydrogens (tertiary/aromatic N) is 2. The fourth-order valence-corrected chi connectivity index (χ4v) is 3.41. The van der Waals surface area contributed by atoms with Crippen molar-refractivity contribution in [2.24, 2.45) is 0 Å². The zero-order chi connectivity index (χ0) is 16.7. The van der Waals surface area contributed by atoms with Crippen molar-refractivity contribution in [1.29, 1.82) is 10.5 Å². The summed E-state index contributed by atoms with van der Waals surface area (Å²) in [7, 11) is 0. The minimum Gasteiger partial charge on any atom is -0.192 e. The van der Waals surface area contributed by atoms with E-state index in [1.54, 1.807) is 6.08 Å². The lowest BCUT2D eigenvalue weighted by atomic mass is 9.98. The molecule has 0 radical (unpaired) electrons. The maximum absolute atomic E-state index is 8.94. The zero-order valence-electron chi connectivity index (χ0n) is 13.3. The highest BCUT2D eigenvalue weighted by atomic mass is 32.2. The number of rotatable bonds is 5. The number of thioether (sulfide) groups is 1. The van der Waals surface area contributed by atoms with Crippen LogP contribution in [0.4, 0.5) is 0 Å². The normalized spacial score (nSPS) is 9.74.